The molecule has 2 aliphatic rings. The summed E-state index contributed by atoms with van der Waals surface area (Å²) in [6, 6.07) is 3.77. The Morgan fingerprint density at radius 3 is 2.81 bits per heavy atom. The first-order valence-electron chi connectivity index (χ1n) is 7.67. The standard InChI is InChI=1S/C16H21FN2O2/c17-12-3-4-15(20)13(10-12)16(21)19-9-1-2-14(19)11-5-7-18-8-6-11/h3-4,10-11,14,18,20H,1-2,5-9H2. The number of phenolic OH excluding ortho intramolecular Hbond substituents is 1. The zero-order valence-corrected chi connectivity index (χ0v) is 12.0. The first kappa shape index (κ1) is 14.3. The number of aromatic hydroxyl groups is 1. The van der Waals surface area contributed by atoms with Crippen LogP contribution in [-0.4, -0.2) is 41.6 Å². The van der Waals surface area contributed by atoms with Crippen LogP contribution >= 0.6 is 0 Å². The van der Waals surface area contributed by atoms with E-state index < -0.39 is 5.82 Å². The molecular formula is C16H21FN2O2. The zero-order chi connectivity index (χ0) is 14.8. The van der Waals surface area contributed by atoms with Gasteiger partial charge in [0.1, 0.15) is 11.6 Å². The fourth-order valence-electron chi connectivity index (χ4n) is 3.60. The molecule has 4 nitrogen and oxygen atoms in total. The minimum atomic E-state index is -0.492. The van der Waals surface area contributed by atoms with Crippen molar-refractivity contribution in [2.45, 2.75) is 31.7 Å². The SMILES string of the molecule is O=C(c1cc(F)ccc1O)N1CCCC1C1CCNCC1. The molecule has 0 spiro atoms. The monoisotopic (exact) mass is 292 g/mol. The molecule has 21 heavy (non-hydrogen) atoms. The van der Waals surface area contributed by atoms with Gasteiger partial charge in [-0.25, -0.2) is 4.39 Å². The first-order valence-corrected chi connectivity index (χ1v) is 7.67. The molecule has 0 aliphatic carbocycles. The Labute approximate surface area is 124 Å². The Morgan fingerprint density at radius 1 is 1.29 bits per heavy atom. The summed E-state index contributed by atoms with van der Waals surface area (Å²) in [5.41, 5.74) is 0.0795. The minimum Gasteiger partial charge on any atom is -0.507 e. The Morgan fingerprint density at radius 2 is 2.05 bits per heavy atom. The van der Waals surface area contributed by atoms with Crippen LogP contribution in [0.5, 0.6) is 5.75 Å². The molecule has 0 aromatic heterocycles. The van der Waals surface area contributed by atoms with E-state index in [-0.39, 0.29) is 23.3 Å². The number of likely N-dealkylation sites (tertiary alicyclic amines) is 1. The molecule has 0 bridgehead atoms. The third-order valence-electron chi connectivity index (χ3n) is 4.68. The summed E-state index contributed by atoms with van der Waals surface area (Å²) in [6.45, 7) is 2.69. The van der Waals surface area contributed by atoms with Crippen LogP contribution < -0.4 is 5.32 Å². The normalized spacial score (nSPS) is 23.5. The van der Waals surface area contributed by atoms with Crippen LogP contribution in [0.25, 0.3) is 0 Å². The van der Waals surface area contributed by atoms with Crippen LogP contribution in [-0.2, 0) is 0 Å². The van der Waals surface area contributed by atoms with Crippen molar-refractivity contribution in [3.63, 3.8) is 0 Å². The van der Waals surface area contributed by atoms with Gasteiger partial charge < -0.3 is 15.3 Å². The highest BCUT2D eigenvalue weighted by Crippen LogP contribution is 2.32. The highest BCUT2D eigenvalue weighted by molar-refractivity contribution is 5.97. The molecule has 1 aromatic carbocycles. The van der Waals surface area contributed by atoms with Gasteiger partial charge in [0, 0.05) is 12.6 Å². The van der Waals surface area contributed by atoms with E-state index >= 15 is 0 Å². The average molecular weight is 292 g/mol. The van der Waals surface area contributed by atoms with Crippen molar-refractivity contribution in [2.24, 2.45) is 5.92 Å². The number of carbonyl (C=O) groups excluding carboxylic acids is 1. The Hall–Kier alpha value is -1.62. The minimum absolute atomic E-state index is 0.0795. The van der Waals surface area contributed by atoms with E-state index in [2.05, 4.69) is 5.32 Å². The fourth-order valence-corrected chi connectivity index (χ4v) is 3.60. The quantitative estimate of drug-likeness (QED) is 0.878. The van der Waals surface area contributed by atoms with E-state index in [9.17, 15) is 14.3 Å². The predicted octanol–water partition coefficient (Wildman–Crippen LogP) is 2.14. The van der Waals surface area contributed by atoms with Crippen molar-refractivity contribution in [1.82, 2.24) is 10.2 Å². The van der Waals surface area contributed by atoms with Gasteiger partial charge in [-0.15, -0.1) is 0 Å². The lowest BCUT2D eigenvalue weighted by molar-refractivity contribution is 0.0663. The lowest BCUT2D eigenvalue weighted by Gasteiger charge is -2.34. The van der Waals surface area contributed by atoms with Gasteiger partial charge in [-0.2, -0.15) is 0 Å². The predicted molar refractivity (Wildman–Crippen MR) is 77.7 cm³/mol. The van der Waals surface area contributed by atoms with Gasteiger partial charge in [0.25, 0.3) is 5.91 Å². The number of hydrogen-bond donors (Lipinski definition) is 2. The summed E-state index contributed by atoms with van der Waals surface area (Å²) in [5, 5.41) is 13.2. The molecule has 2 fully saturated rings. The molecular weight excluding hydrogens is 271 g/mol. The van der Waals surface area contributed by atoms with Crippen LogP contribution in [0, 0.1) is 11.7 Å². The fraction of sp³-hybridized carbons (Fsp3) is 0.562. The summed E-state index contributed by atoms with van der Waals surface area (Å²) in [4.78, 5) is 14.5. The Kier molecular flexibility index (Phi) is 4.10. The summed E-state index contributed by atoms with van der Waals surface area (Å²) in [6.07, 6.45) is 4.13. The smallest absolute Gasteiger partial charge is 0.257 e. The maximum absolute atomic E-state index is 13.4. The number of nitrogens with one attached hydrogen (secondary N) is 1. The molecule has 3 rings (SSSR count). The van der Waals surface area contributed by atoms with Crippen molar-refractivity contribution in [1.29, 1.82) is 0 Å². The molecule has 1 atom stereocenters. The molecule has 2 aliphatic heterocycles. The number of phenols is 1. The van der Waals surface area contributed by atoms with E-state index in [1.165, 1.54) is 12.1 Å². The number of carbonyl (C=O) groups is 1. The van der Waals surface area contributed by atoms with E-state index in [4.69, 9.17) is 0 Å². The van der Waals surface area contributed by atoms with Gasteiger partial charge in [0.15, 0.2) is 0 Å². The maximum Gasteiger partial charge on any atom is 0.257 e. The van der Waals surface area contributed by atoms with Gasteiger partial charge >= 0.3 is 0 Å². The van der Waals surface area contributed by atoms with Crippen LogP contribution in [0.3, 0.4) is 0 Å². The van der Waals surface area contributed by atoms with Crippen molar-refractivity contribution >= 4 is 5.91 Å². The molecule has 2 saturated heterocycles. The van der Waals surface area contributed by atoms with Gasteiger partial charge in [-0.3, -0.25) is 4.79 Å². The molecule has 114 valence electrons. The second kappa shape index (κ2) is 6.02. The van der Waals surface area contributed by atoms with Crippen molar-refractivity contribution in [3.8, 4) is 5.75 Å². The third kappa shape index (κ3) is 2.88. The molecule has 0 saturated carbocycles. The van der Waals surface area contributed by atoms with E-state index in [0.717, 1.165) is 44.8 Å². The number of rotatable bonds is 2. The van der Waals surface area contributed by atoms with E-state index in [1.54, 1.807) is 0 Å². The molecule has 0 radical (unpaired) electrons. The molecule has 2 N–H and O–H groups in total. The molecule has 2 heterocycles. The number of benzene rings is 1. The van der Waals surface area contributed by atoms with Crippen LogP contribution in [0.1, 0.15) is 36.0 Å². The van der Waals surface area contributed by atoms with Gasteiger partial charge in [0.2, 0.25) is 0 Å². The lowest BCUT2D eigenvalue weighted by Crippen LogP contribution is -2.43. The second-order valence-electron chi connectivity index (χ2n) is 5.96. The number of amides is 1. The van der Waals surface area contributed by atoms with Crippen molar-refractivity contribution in [2.75, 3.05) is 19.6 Å². The van der Waals surface area contributed by atoms with Crippen molar-refractivity contribution in [3.05, 3.63) is 29.6 Å². The van der Waals surface area contributed by atoms with Crippen LogP contribution in [0.4, 0.5) is 4.39 Å². The van der Waals surface area contributed by atoms with E-state index in [0.29, 0.717) is 12.5 Å². The highest BCUT2D eigenvalue weighted by Gasteiger charge is 2.36. The van der Waals surface area contributed by atoms with Gasteiger partial charge in [-0.1, -0.05) is 0 Å². The lowest BCUT2D eigenvalue weighted by atomic mass is 9.88. The topological polar surface area (TPSA) is 52.6 Å². The molecule has 1 unspecified atom stereocenters. The maximum atomic E-state index is 13.4. The Bertz CT molecular complexity index is 529. The summed E-state index contributed by atoms with van der Waals surface area (Å²) >= 11 is 0. The second-order valence-corrected chi connectivity index (χ2v) is 5.96. The largest absolute Gasteiger partial charge is 0.507 e. The Balaban J connectivity index is 1.80. The summed E-state index contributed by atoms with van der Waals surface area (Å²) in [5.74, 6) is -0.368. The number of piperidine rings is 1. The average Bonchev–Trinajstić information content (AvgIpc) is 2.99. The molecule has 1 aromatic rings. The number of nitrogens with zero attached hydrogens (tertiary/aromatic N) is 1. The van der Waals surface area contributed by atoms with E-state index in [1.807, 2.05) is 4.90 Å². The molecule has 1 amide bonds. The summed E-state index contributed by atoms with van der Waals surface area (Å²) < 4.78 is 13.4. The highest BCUT2D eigenvalue weighted by atomic mass is 19.1. The zero-order valence-electron chi connectivity index (χ0n) is 12.0. The molecule has 5 heteroatoms. The van der Waals surface area contributed by atoms with Crippen LogP contribution in [0.2, 0.25) is 0 Å². The van der Waals surface area contributed by atoms with Crippen molar-refractivity contribution < 1.29 is 14.3 Å². The van der Waals surface area contributed by atoms with Crippen LogP contribution in [0.15, 0.2) is 18.2 Å². The number of hydrogen-bond acceptors (Lipinski definition) is 3. The summed E-state index contributed by atoms with van der Waals surface area (Å²) in [7, 11) is 0. The third-order valence-corrected chi connectivity index (χ3v) is 4.68. The van der Waals surface area contributed by atoms with Gasteiger partial charge in [0.05, 0.1) is 5.56 Å². The van der Waals surface area contributed by atoms with Gasteiger partial charge in [-0.05, 0) is 62.9 Å². The first-order chi connectivity index (χ1) is 10.2. The number of halogens is 1.